The average molecular weight is 411 g/mol. The summed E-state index contributed by atoms with van der Waals surface area (Å²) in [5, 5.41) is 1.51. The second kappa shape index (κ2) is 7.43. The number of rotatable bonds is 5. The van der Waals surface area contributed by atoms with Gasteiger partial charge >= 0.3 is 0 Å². The molecule has 1 aromatic heterocycles. The fraction of sp³-hybridized carbons (Fsp3) is 0.0909. The Hall–Kier alpha value is -2.60. The Bertz CT molecular complexity index is 1230. The van der Waals surface area contributed by atoms with Gasteiger partial charge in [-0.3, -0.25) is 0 Å². The monoisotopic (exact) mass is 410 g/mol. The smallest absolute Gasteiger partial charge is 0.241 e. The highest BCUT2D eigenvalue weighted by molar-refractivity contribution is 7.89. The van der Waals surface area contributed by atoms with Gasteiger partial charge in [0.25, 0.3) is 0 Å². The van der Waals surface area contributed by atoms with Gasteiger partial charge in [-0.15, -0.1) is 0 Å². The summed E-state index contributed by atoms with van der Waals surface area (Å²) in [4.78, 5) is 3.45. The number of benzene rings is 3. The van der Waals surface area contributed by atoms with Crippen LogP contribution in [0.25, 0.3) is 10.9 Å². The molecule has 0 amide bonds. The molecule has 0 radical (unpaired) electrons. The SMILES string of the molecule is Cc1ccc(S(=O)(=O)N[C@@H](c2cccc(Cl)c2)c2c[nH]c3ccccc23)cc1. The number of hydrogen-bond acceptors (Lipinski definition) is 2. The van der Waals surface area contributed by atoms with Crippen LogP contribution in [0.1, 0.15) is 22.7 Å². The van der Waals surface area contributed by atoms with Gasteiger partial charge in [-0.25, -0.2) is 8.42 Å². The standard InChI is InChI=1S/C22H19ClN2O2S/c1-15-9-11-18(12-10-15)28(26,27)25-22(16-5-4-6-17(23)13-16)20-14-24-21-8-3-2-7-19(20)21/h2-14,22,24-25H,1H3/t22-/m0/s1. The maximum atomic E-state index is 13.1. The van der Waals surface area contributed by atoms with Crippen molar-refractivity contribution in [2.45, 2.75) is 17.9 Å². The van der Waals surface area contributed by atoms with Gasteiger partial charge in [0.1, 0.15) is 0 Å². The minimum absolute atomic E-state index is 0.227. The van der Waals surface area contributed by atoms with Crippen molar-refractivity contribution in [1.82, 2.24) is 9.71 Å². The molecule has 0 bridgehead atoms. The van der Waals surface area contributed by atoms with Crippen molar-refractivity contribution in [3.05, 3.63) is 101 Å². The first-order valence-electron chi connectivity index (χ1n) is 8.84. The number of H-pyrrole nitrogens is 1. The number of sulfonamides is 1. The predicted octanol–water partition coefficient (Wildman–Crippen LogP) is 5.20. The molecule has 4 nitrogen and oxygen atoms in total. The molecule has 0 spiro atoms. The predicted molar refractivity (Wildman–Crippen MR) is 113 cm³/mol. The molecule has 0 saturated heterocycles. The third-order valence-corrected chi connectivity index (χ3v) is 6.39. The number of hydrogen-bond donors (Lipinski definition) is 2. The average Bonchev–Trinajstić information content (AvgIpc) is 3.10. The largest absolute Gasteiger partial charge is 0.361 e. The molecule has 4 rings (SSSR count). The van der Waals surface area contributed by atoms with E-state index in [2.05, 4.69) is 9.71 Å². The lowest BCUT2D eigenvalue weighted by atomic mass is 9.99. The van der Waals surface area contributed by atoms with Crippen LogP contribution in [0.2, 0.25) is 5.02 Å². The number of aromatic nitrogens is 1. The highest BCUT2D eigenvalue weighted by atomic mass is 35.5. The Morgan fingerprint density at radius 2 is 1.71 bits per heavy atom. The van der Waals surface area contributed by atoms with Crippen LogP contribution >= 0.6 is 11.6 Å². The molecule has 2 N–H and O–H groups in total. The van der Waals surface area contributed by atoms with Crippen LogP contribution in [-0.4, -0.2) is 13.4 Å². The highest BCUT2D eigenvalue weighted by Gasteiger charge is 2.25. The van der Waals surface area contributed by atoms with Gasteiger partial charge < -0.3 is 4.98 Å². The molecule has 0 aliphatic heterocycles. The number of aromatic amines is 1. The zero-order chi connectivity index (χ0) is 19.7. The molecule has 1 atom stereocenters. The summed E-state index contributed by atoms with van der Waals surface area (Å²) in [6, 6.07) is 21.3. The van der Waals surface area contributed by atoms with Crippen molar-refractivity contribution >= 4 is 32.5 Å². The molecule has 3 aromatic carbocycles. The van der Waals surface area contributed by atoms with Crippen LogP contribution < -0.4 is 4.72 Å². The van der Waals surface area contributed by atoms with Crippen LogP contribution in [0.3, 0.4) is 0 Å². The van der Waals surface area contributed by atoms with E-state index in [-0.39, 0.29) is 4.90 Å². The maximum Gasteiger partial charge on any atom is 0.241 e. The topological polar surface area (TPSA) is 62.0 Å². The summed E-state index contributed by atoms with van der Waals surface area (Å²) in [7, 11) is -3.74. The molecule has 0 aliphatic carbocycles. The number of halogens is 1. The van der Waals surface area contributed by atoms with Gasteiger partial charge in [0.2, 0.25) is 10.0 Å². The van der Waals surface area contributed by atoms with Gasteiger partial charge in [-0.1, -0.05) is 59.6 Å². The number of para-hydroxylation sites is 1. The van der Waals surface area contributed by atoms with Crippen LogP contribution in [0.5, 0.6) is 0 Å². The van der Waals surface area contributed by atoms with Crippen molar-refractivity contribution in [1.29, 1.82) is 0 Å². The second-order valence-electron chi connectivity index (χ2n) is 6.71. The first kappa shape index (κ1) is 18.7. The lowest BCUT2D eigenvalue weighted by Gasteiger charge is -2.20. The molecule has 0 unspecified atom stereocenters. The fourth-order valence-electron chi connectivity index (χ4n) is 3.27. The van der Waals surface area contributed by atoms with Gasteiger partial charge in [0, 0.05) is 22.1 Å². The van der Waals surface area contributed by atoms with Gasteiger partial charge in [0.15, 0.2) is 0 Å². The Balaban J connectivity index is 1.83. The quantitative estimate of drug-likeness (QED) is 0.475. The first-order valence-corrected chi connectivity index (χ1v) is 10.7. The molecule has 142 valence electrons. The summed E-state index contributed by atoms with van der Waals surface area (Å²) in [5.41, 5.74) is 3.56. The first-order chi connectivity index (χ1) is 13.4. The van der Waals surface area contributed by atoms with E-state index in [0.717, 1.165) is 27.6 Å². The normalized spacial score (nSPS) is 12.9. The van der Waals surface area contributed by atoms with Crippen LogP contribution in [0, 0.1) is 6.92 Å². The lowest BCUT2D eigenvalue weighted by Crippen LogP contribution is -2.29. The molecule has 4 aromatic rings. The van der Waals surface area contributed by atoms with Gasteiger partial charge in [0.05, 0.1) is 10.9 Å². The highest BCUT2D eigenvalue weighted by Crippen LogP contribution is 2.31. The molecular formula is C22H19ClN2O2S. The minimum Gasteiger partial charge on any atom is -0.361 e. The van der Waals surface area contributed by atoms with Gasteiger partial charge in [-0.05, 0) is 48.4 Å². The molecule has 28 heavy (non-hydrogen) atoms. The van der Waals surface area contributed by atoms with Crippen molar-refractivity contribution in [3.63, 3.8) is 0 Å². The van der Waals surface area contributed by atoms with E-state index in [9.17, 15) is 8.42 Å². The van der Waals surface area contributed by atoms with Crippen molar-refractivity contribution < 1.29 is 8.42 Å². The zero-order valence-electron chi connectivity index (χ0n) is 15.2. The van der Waals surface area contributed by atoms with E-state index in [0.29, 0.717) is 5.02 Å². The molecule has 0 fully saturated rings. The van der Waals surface area contributed by atoms with E-state index in [1.807, 2.05) is 49.5 Å². The molecule has 0 aliphatic rings. The summed E-state index contributed by atoms with van der Waals surface area (Å²) in [6.45, 7) is 1.92. The van der Waals surface area contributed by atoms with E-state index < -0.39 is 16.1 Å². The summed E-state index contributed by atoms with van der Waals surface area (Å²) in [5.74, 6) is 0. The third kappa shape index (κ3) is 3.69. The summed E-state index contributed by atoms with van der Waals surface area (Å²) >= 11 is 6.19. The maximum absolute atomic E-state index is 13.1. The molecule has 6 heteroatoms. The van der Waals surface area contributed by atoms with Gasteiger partial charge in [-0.2, -0.15) is 4.72 Å². The number of fused-ring (bicyclic) bond motifs is 1. The number of aryl methyl sites for hydroxylation is 1. The second-order valence-corrected chi connectivity index (χ2v) is 8.86. The summed E-state index contributed by atoms with van der Waals surface area (Å²) < 4.78 is 29.0. The third-order valence-electron chi connectivity index (χ3n) is 4.72. The van der Waals surface area contributed by atoms with E-state index in [4.69, 9.17) is 11.6 Å². The Morgan fingerprint density at radius 3 is 2.46 bits per heavy atom. The Morgan fingerprint density at radius 1 is 0.964 bits per heavy atom. The number of nitrogens with one attached hydrogen (secondary N) is 2. The van der Waals surface area contributed by atoms with Crippen LogP contribution in [0.15, 0.2) is 83.9 Å². The summed E-state index contributed by atoms with van der Waals surface area (Å²) in [6.07, 6.45) is 1.84. The van der Waals surface area contributed by atoms with Crippen molar-refractivity contribution in [2.75, 3.05) is 0 Å². The lowest BCUT2D eigenvalue weighted by molar-refractivity contribution is 0.572. The Kier molecular flexibility index (Phi) is 4.98. The Labute approximate surface area is 169 Å². The van der Waals surface area contributed by atoms with Crippen molar-refractivity contribution in [3.8, 4) is 0 Å². The fourth-order valence-corrected chi connectivity index (χ4v) is 4.67. The van der Waals surface area contributed by atoms with E-state index in [1.54, 1.807) is 36.4 Å². The molecular weight excluding hydrogens is 392 g/mol. The minimum atomic E-state index is -3.74. The van der Waals surface area contributed by atoms with E-state index >= 15 is 0 Å². The zero-order valence-corrected chi connectivity index (χ0v) is 16.8. The van der Waals surface area contributed by atoms with E-state index in [1.165, 1.54) is 0 Å². The molecule has 1 heterocycles. The molecule has 0 saturated carbocycles. The van der Waals surface area contributed by atoms with Crippen LogP contribution in [0.4, 0.5) is 0 Å². The van der Waals surface area contributed by atoms with Crippen LogP contribution in [-0.2, 0) is 10.0 Å². The van der Waals surface area contributed by atoms with Crippen molar-refractivity contribution in [2.24, 2.45) is 0 Å².